The lowest BCUT2D eigenvalue weighted by Gasteiger charge is -2.43. The highest BCUT2D eigenvalue weighted by Gasteiger charge is 2.51. The Morgan fingerprint density at radius 2 is 2.03 bits per heavy atom. The number of amides is 1. The van der Waals surface area contributed by atoms with Gasteiger partial charge in [-0.2, -0.15) is 5.26 Å². The van der Waals surface area contributed by atoms with Crippen LogP contribution in [0.1, 0.15) is 43.9 Å². The van der Waals surface area contributed by atoms with Crippen molar-refractivity contribution in [2.75, 3.05) is 6.54 Å². The number of aromatic nitrogens is 5. The van der Waals surface area contributed by atoms with Gasteiger partial charge in [0, 0.05) is 6.54 Å². The highest BCUT2D eigenvalue weighted by atomic mass is 16.6. The zero-order chi connectivity index (χ0) is 24.8. The zero-order valence-electron chi connectivity index (χ0n) is 20.2. The summed E-state index contributed by atoms with van der Waals surface area (Å²) in [5.41, 5.74) is 3.54. The fourth-order valence-corrected chi connectivity index (χ4v) is 5.90. The Labute approximate surface area is 208 Å². The number of ether oxygens (including phenoxy) is 1. The second kappa shape index (κ2) is 8.48. The van der Waals surface area contributed by atoms with E-state index in [9.17, 15) is 10.1 Å². The highest BCUT2D eigenvalue weighted by molar-refractivity contribution is 5.77. The molecule has 6 rings (SSSR count). The molecule has 2 aromatic carbocycles. The van der Waals surface area contributed by atoms with Gasteiger partial charge in [-0.05, 0) is 61.4 Å². The Morgan fingerprint density at radius 1 is 1.17 bits per heavy atom. The third-order valence-electron chi connectivity index (χ3n) is 7.42. The van der Waals surface area contributed by atoms with Crippen LogP contribution in [0.5, 0.6) is 0 Å². The fourth-order valence-electron chi connectivity index (χ4n) is 5.90. The maximum Gasteiger partial charge on any atom is 0.410 e. The van der Waals surface area contributed by atoms with Gasteiger partial charge in [-0.15, -0.1) is 5.10 Å². The van der Waals surface area contributed by atoms with Crippen molar-refractivity contribution in [3.63, 3.8) is 0 Å². The molecule has 1 aliphatic heterocycles. The van der Waals surface area contributed by atoms with Gasteiger partial charge in [0.1, 0.15) is 11.3 Å². The molecule has 0 unspecified atom stereocenters. The van der Waals surface area contributed by atoms with Crippen LogP contribution < -0.4 is 0 Å². The van der Waals surface area contributed by atoms with E-state index in [0.29, 0.717) is 18.7 Å². The average molecular weight is 482 g/mol. The first-order valence-electron chi connectivity index (χ1n) is 12.2. The van der Waals surface area contributed by atoms with E-state index in [4.69, 9.17) is 4.74 Å². The molecule has 2 aromatic heterocycles. The van der Waals surface area contributed by atoms with E-state index >= 15 is 0 Å². The van der Waals surface area contributed by atoms with Crippen LogP contribution in [-0.2, 0) is 17.8 Å². The van der Waals surface area contributed by atoms with Crippen LogP contribution >= 0.6 is 0 Å². The predicted octanol–water partition coefficient (Wildman–Crippen LogP) is 4.46. The van der Waals surface area contributed by atoms with Gasteiger partial charge >= 0.3 is 6.09 Å². The Balaban J connectivity index is 1.17. The minimum absolute atomic E-state index is 0.0682. The summed E-state index contributed by atoms with van der Waals surface area (Å²) in [7, 11) is 0. The Morgan fingerprint density at radius 3 is 2.86 bits per heavy atom. The van der Waals surface area contributed by atoms with Gasteiger partial charge in [0.2, 0.25) is 0 Å². The first-order valence-corrected chi connectivity index (χ1v) is 12.2. The third-order valence-corrected chi connectivity index (χ3v) is 7.42. The number of carbonyl (C=O) groups excluding carboxylic acids is 1. The Kier molecular flexibility index (Phi) is 5.25. The number of rotatable bonds is 5. The molecule has 9 nitrogen and oxygen atoms in total. The lowest BCUT2D eigenvalue weighted by molar-refractivity contribution is -0.0270. The molecule has 0 bridgehead atoms. The normalized spacial score (nSPS) is 23.8. The van der Waals surface area contributed by atoms with E-state index in [0.717, 1.165) is 54.6 Å². The number of hydrogen-bond acceptors (Lipinski definition) is 6. The summed E-state index contributed by atoms with van der Waals surface area (Å²) in [4.78, 5) is 19.2. The van der Waals surface area contributed by atoms with Crippen molar-refractivity contribution in [2.24, 2.45) is 5.41 Å². The molecule has 9 heteroatoms. The van der Waals surface area contributed by atoms with E-state index in [1.807, 2.05) is 55.0 Å². The van der Waals surface area contributed by atoms with Gasteiger partial charge in [-0.3, -0.25) is 4.90 Å². The quantitative estimate of drug-likeness (QED) is 0.417. The number of benzene rings is 2. The van der Waals surface area contributed by atoms with Crippen molar-refractivity contribution in [1.29, 1.82) is 5.26 Å². The van der Waals surface area contributed by atoms with Gasteiger partial charge in [0.15, 0.2) is 0 Å². The average Bonchev–Trinajstić information content (AvgIpc) is 3.57. The van der Waals surface area contributed by atoms with E-state index in [-0.39, 0.29) is 11.5 Å². The summed E-state index contributed by atoms with van der Waals surface area (Å²) in [6, 6.07) is 17.6. The molecule has 1 amide bonds. The fraction of sp³-hybridized carbons (Fsp3) is 0.370. The molecule has 2 fully saturated rings. The van der Waals surface area contributed by atoms with E-state index in [1.54, 1.807) is 15.6 Å². The number of hydrogen-bond donors (Lipinski definition) is 0. The first kappa shape index (κ1) is 22.3. The maximum atomic E-state index is 12.9. The summed E-state index contributed by atoms with van der Waals surface area (Å²) in [5, 5.41) is 17.8. The van der Waals surface area contributed by atoms with E-state index < -0.39 is 5.60 Å². The van der Waals surface area contributed by atoms with Crippen molar-refractivity contribution < 1.29 is 9.53 Å². The van der Waals surface area contributed by atoms with E-state index in [1.165, 1.54) is 0 Å². The molecule has 36 heavy (non-hydrogen) atoms. The predicted molar refractivity (Wildman–Crippen MR) is 132 cm³/mol. The number of para-hydroxylation sites is 1. The molecule has 4 aromatic rings. The van der Waals surface area contributed by atoms with Gasteiger partial charge in [-0.1, -0.05) is 30.3 Å². The number of nitriles is 1. The van der Waals surface area contributed by atoms with Crippen LogP contribution in [-0.4, -0.2) is 47.7 Å². The molecule has 2 aliphatic rings. The molecule has 3 heterocycles. The molecule has 0 radical (unpaired) electrons. The van der Waals surface area contributed by atoms with Crippen molar-refractivity contribution >= 4 is 17.1 Å². The van der Waals surface area contributed by atoms with Gasteiger partial charge in [0.05, 0.1) is 54.0 Å². The van der Waals surface area contributed by atoms with Gasteiger partial charge < -0.3 is 9.30 Å². The van der Waals surface area contributed by atoms with Crippen molar-refractivity contribution in [3.8, 4) is 11.8 Å². The minimum atomic E-state index is -0.506. The second-order valence-electron chi connectivity index (χ2n) is 10.4. The lowest BCUT2D eigenvalue weighted by atomic mass is 9.68. The van der Waals surface area contributed by atoms with Crippen LogP contribution in [0.15, 0.2) is 61.1 Å². The van der Waals surface area contributed by atoms with Gasteiger partial charge in [-0.25, -0.2) is 14.5 Å². The summed E-state index contributed by atoms with van der Waals surface area (Å²) < 4.78 is 9.92. The molecule has 182 valence electrons. The topological polar surface area (TPSA) is 102 Å². The number of nitrogens with zero attached hydrogens (tertiary/aromatic N) is 7. The van der Waals surface area contributed by atoms with Crippen LogP contribution in [0.3, 0.4) is 0 Å². The maximum absolute atomic E-state index is 12.9. The standard InChI is InChI=1S/C27H27N7O2/c1-26(17-33-19-29-23-9-8-20(13-28)12-24(23)33)10-5-11-27(16-26)18-32(25(35)36-27)14-21-15-34(31-30-21)22-6-3-2-4-7-22/h2-4,6-9,12,15,19H,5,10-11,14,16-18H2,1H3/t26-,27+/m0/s1. The van der Waals surface area contributed by atoms with Crippen molar-refractivity contribution in [1.82, 2.24) is 29.4 Å². The Bertz CT molecular complexity index is 1470. The molecular weight excluding hydrogens is 454 g/mol. The largest absolute Gasteiger partial charge is 0.441 e. The SMILES string of the molecule is C[C@]1(Cn2cnc3ccc(C#N)cc32)CCC[C@]2(CN(Cc3cn(-c4ccccc4)nn3)C(=O)O2)C1. The minimum Gasteiger partial charge on any atom is -0.441 e. The monoisotopic (exact) mass is 481 g/mol. The van der Waals surface area contributed by atoms with E-state index in [2.05, 4.69) is 32.9 Å². The van der Waals surface area contributed by atoms with Crippen LogP contribution in [0, 0.1) is 16.7 Å². The van der Waals surface area contributed by atoms with Crippen LogP contribution in [0.25, 0.3) is 16.7 Å². The molecule has 0 N–H and O–H groups in total. The van der Waals surface area contributed by atoms with Crippen LogP contribution in [0.4, 0.5) is 4.79 Å². The number of fused-ring (bicyclic) bond motifs is 1. The van der Waals surface area contributed by atoms with Gasteiger partial charge in [0.25, 0.3) is 0 Å². The highest BCUT2D eigenvalue weighted by Crippen LogP contribution is 2.47. The summed E-state index contributed by atoms with van der Waals surface area (Å²) in [6.45, 7) is 3.93. The summed E-state index contributed by atoms with van der Waals surface area (Å²) in [6.07, 6.45) is 7.06. The third kappa shape index (κ3) is 4.09. The molecule has 1 saturated heterocycles. The zero-order valence-corrected chi connectivity index (χ0v) is 20.2. The summed E-state index contributed by atoms with van der Waals surface area (Å²) >= 11 is 0. The van der Waals surface area contributed by atoms with Crippen LogP contribution in [0.2, 0.25) is 0 Å². The van der Waals surface area contributed by atoms with Crippen molar-refractivity contribution in [3.05, 3.63) is 72.3 Å². The van der Waals surface area contributed by atoms with Crippen molar-refractivity contribution in [2.45, 2.75) is 51.3 Å². The molecule has 1 aliphatic carbocycles. The smallest absolute Gasteiger partial charge is 0.410 e. The molecule has 1 spiro atoms. The second-order valence-corrected chi connectivity index (χ2v) is 10.4. The Hall–Kier alpha value is -4.19. The number of carbonyl (C=O) groups is 1. The molecule has 1 saturated carbocycles. The summed E-state index contributed by atoms with van der Waals surface area (Å²) in [5.74, 6) is 0. The molecular formula is C27H27N7O2. The lowest BCUT2D eigenvalue weighted by Crippen LogP contribution is -2.44. The molecule has 2 atom stereocenters. The first-order chi connectivity index (χ1) is 17.4. The number of imidazole rings is 1.